The molecule has 0 aliphatic carbocycles. The number of carbonyl (C=O) groups excluding carboxylic acids is 1. The van der Waals surface area contributed by atoms with Crippen molar-refractivity contribution >= 4 is 6.03 Å². The minimum atomic E-state index is -0.0633. The van der Waals surface area contributed by atoms with E-state index in [0.29, 0.717) is 13.1 Å². The van der Waals surface area contributed by atoms with E-state index in [9.17, 15) is 4.79 Å². The molecule has 0 aliphatic rings. The van der Waals surface area contributed by atoms with Gasteiger partial charge in [0.15, 0.2) is 0 Å². The molecule has 122 valence electrons. The number of hydrogen-bond donors (Lipinski definition) is 1. The van der Waals surface area contributed by atoms with Crippen molar-refractivity contribution in [1.82, 2.24) is 10.2 Å². The summed E-state index contributed by atoms with van der Waals surface area (Å²) in [6, 6.07) is 17.8. The Labute approximate surface area is 138 Å². The molecule has 2 amide bonds. The van der Waals surface area contributed by atoms with Crippen molar-refractivity contribution in [1.29, 1.82) is 0 Å². The van der Waals surface area contributed by atoms with Crippen LogP contribution in [-0.4, -0.2) is 24.1 Å². The van der Waals surface area contributed by atoms with Crippen LogP contribution in [0.15, 0.2) is 54.6 Å². The number of benzene rings is 2. The van der Waals surface area contributed by atoms with Gasteiger partial charge >= 0.3 is 6.03 Å². The van der Waals surface area contributed by atoms with Crippen LogP contribution in [0.3, 0.4) is 0 Å². The van der Waals surface area contributed by atoms with E-state index in [-0.39, 0.29) is 12.1 Å². The van der Waals surface area contributed by atoms with E-state index >= 15 is 0 Å². The number of urea groups is 1. The molecule has 1 N–H and O–H groups in total. The molecule has 0 atom stereocenters. The van der Waals surface area contributed by atoms with Crippen LogP contribution in [0.5, 0.6) is 5.75 Å². The van der Waals surface area contributed by atoms with Crippen LogP contribution in [0.1, 0.15) is 25.0 Å². The molecule has 2 aromatic carbocycles. The molecule has 0 heterocycles. The number of hydrogen-bond acceptors (Lipinski definition) is 2. The van der Waals surface area contributed by atoms with E-state index in [4.69, 9.17) is 4.74 Å². The highest BCUT2D eigenvalue weighted by Crippen LogP contribution is 2.13. The summed E-state index contributed by atoms with van der Waals surface area (Å²) < 4.78 is 5.20. The van der Waals surface area contributed by atoms with Crippen LogP contribution in [0, 0.1) is 0 Å². The first-order valence-corrected chi connectivity index (χ1v) is 7.81. The van der Waals surface area contributed by atoms with Crippen molar-refractivity contribution in [3.63, 3.8) is 0 Å². The highest BCUT2D eigenvalue weighted by molar-refractivity contribution is 5.74. The number of nitrogens with one attached hydrogen (secondary N) is 1. The molecule has 4 nitrogen and oxygen atoms in total. The number of carbonyl (C=O) groups is 1. The summed E-state index contributed by atoms with van der Waals surface area (Å²) in [6.45, 7) is 5.12. The average molecular weight is 312 g/mol. The van der Waals surface area contributed by atoms with E-state index in [0.717, 1.165) is 16.9 Å². The summed E-state index contributed by atoms with van der Waals surface area (Å²) in [4.78, 5) is 14.3. The highest BCUT2D eigenvalue weighted by atomic mass is 16.5. The van der Waals surface area contributed by atoms with Gasteiger partial charge in [0.25, 0.3) is 0 Å². The third kappa shape index (κ3) is 5.02. The van der Waals surface area contributed by atoms with Crippen LogP contribution in [0.4, 0.5) is 4.79 Å². The third-order valence-corrected chi connectivity index (χ3v) is 3.66. The second-order valence-electron chi connectivity index (χ2n) is 5.72. The van der Waals surface area contributed by atoms with E-state index in [2.05, 4.69) is 5.32 Å². The zero-order chi connectivity index (χ0) is 16.7. The Bertz CT molecular complexity index is 626. The molecule has 2 aromatic rings. The lowest BCUT2D eigenvalue weighted by atomic mass is 10.2. The van der Waals surface area contributed by atoms with Gasteiger partial charge in [-0.15, -0.1) is 0 Å². The largest absolute Gasteiger partial charge is 0.497 e. The summed E-state index contributed by atoms with van der Waals surface area (Å²) >= 11 is 0. The molecule has 0 saturated carbocycles. The molecule has 0 aromatic heterocycles. The van der Waals surface area contributed by atoms with Gasteiger partial charge in [-0.05, 0) is 37.1 Å². The molecule has 2 rings (SSSR count). The van der Waals surface area contributed by atoms with E-state index in [1.807, 2.05) is 73.3 Å². The summed E-state index contributed by atoms with van der Waals surface area (Å²) in [5, 5.41) is 2.98. The summed E-state index contributed by atoms with van der Waals surface area (Å²) in [5.74, 6) is 0.793. The lowest BCUT2D eigenvalue weighted by Gasteiger charge is -2.27. The first-order valence-electron chi connectivity index (χ1n) is 7.81. The molecule has 0 saturated heterocycles. The van der Waals surface area contributed by atoms with Gasteiger partial charge in [-0.2, -0.15) is 0 Å². The third-order valence-electron chi connectivity index (χ3n) is 3.66. The van der Waals surface area contributed by atoms with Gasteiger partial charge in [-0.25, -0.2) is 4.79 Å². The smallest absolute Gasteiger partial charge is 0.318 e. The Morgan fingerprint density at radius 3 is 2.43 bits per heavy atom. The van der Waals surface area contributed by atoms with Gasteiger partial charge in [0.1, 0.15) is 5.75 Å². The maximum atomic E-state index is 12.5. The fraction of sp³-hybridized carbons (Fsp3) is 0.316. The maximum Gasteiger partial charge on any atom is 0.318 e. The highest BCUT2D eigenvalue weighted by Gasteiger charge is 2.16. The first-order chi connectivity index (χ1) is 11.1. The second kappa shape index (κ2) is 8.22. The van der Waals surface area contributed by atoms with Crippen molar-refractivity contribution in [2.45, 2.75) is 33.0 Å². The number of ether oxygens (including phenoxy) is 1. The summed E-state index contributed by atoms with van der Waals surface area (Å²) in [7, 11) is 1.64. The van der Waals surface area contributed by atoms with Gasteiger partial charge in [0.2, 0.25) is 0 Å². The maximum absolute atomic E-state index is 12.5. The van der Waals surface area contributed by atoms with Crippen LogP contribution < -0.4 is 10.1 Å². The molecular formula is C19H24N2O2. The average Bonchev–Trinajstić information content (AvgIpc) is 2.58. The van der Waals surface area contributed by atoms with Gasteiger partial charge in [-0.3, -0.25) is 0 Å². The molecule has 0 spiro atoms. The van der Waals surface area contributed by atoms with Gasteiger partial charge in [0.05, 0.1) is 7.11 Å². The molecule has 0 unspecified atom stereocenters. The van der Waals surface area contributed by atoms with E-state index in [1.165, 1.54) is 0 Å². The Morgan fingerprint density at radius 1 is 1.09 bits per heavy atom. The van der Waals surface area contributed by atoms with Crippen molar-refractivity contribution in [2.75, 3.05) is 7.11 Å². The van der Waals surface area contributed by atoms with E-state index in [1.54, 1.807) is 7.11 Å². The zero-order valence-electron chi connectivity index (χ0n) is 14.0. The van der Waals surface area contributed by atoms with Crippen LogP contribution in [0.2, 0.25) is 0 Å². The van der Waals surface area contributed by atoms with Gasteiger partial charge in [-0.1, -0.05) is 42.5 Å². The molecule has 0 fully saturated rings. The SMILES string of the molecule is COc1cccc(CNC(=O)N(Cc2ccccc2)C(C)C)c1. The molecule has 4 heteroatoms. The standard InChI is InChI=1S/C19H24N2O2/c1-15(2)21(14-16-8-5-4-6-9-16)19(22)20-13-17-10-7-11-18(12-17)23-3/h4-12,15H,13-14H2,1-3H3,(H,20,22). The predicted octanol–water partition coefficient (Wildman–Crippen LogP) is 3.82. The first kappa shape index (κ1) is 16.9. The lowest BCUT2D eigenvalue weighted by Crippen LogP contribution is -2.43. The minimum Gasteiger partial charge on any atom is -0.497 e. The number of rotatable bonds is 6. The van der Waals surface area contributed by atoms with Crippen molar-refractivity contribution in [3.8, 4) is 5.75 Å². The van der Waals surface area contributed by atoms with Gasteiger partial charge in [0, 0.05) is 19.1 Å². The molecule has 23 heavy (non-hydrogen) atoms. The normalized spacial score (nSPS) is 10.4. The molecule has 0 radical (unpaired) electrons. The minimum absolute atomic E-state index is 0.0633. The van der Waals surface area contributed by atoms with Crippen LogP contribution >= 0.6 is 0 Å². The Morgan fingerprint density at radius 2 is 1.78 bits per heavy atom. The fourth-order valence-corrected chi connectivity index (χ4v) is 2.33. The number of amides is 2. The Balaban J connectivity index is 1.98. The van der Waals surface area contributed by atoms with Crippen molar-refractivity contribution in [3.05, 3.63) is 65.7 Å². The molecular weight excluding hydrogens is 288 g/mol. The molecule has 0 aliphatic heterocycles. The van der Waals surface area contributed by atoms with Crippen LogP contribution in [0.25, 0.3) is 0 Å². The summed E-state index contributed by atoms with van der Waals surface area (Å²) in [5.41, 5.74) is 2.14. The second-order valence-corrected chi connectivity index (χ2v) is 5.72. The van der Waals surface area contributed by atoms with Gasteiger partial charge < -0.3 is 15.0 Å². The molecule has 0 bridgehead atoms. The Hall–Kier alpha value is -2.49. The topological polar surface area (TPSA) is 41.6 Å². The zero-order valence-corrected chi connectivity index (χ0v) is 14.0. The van der Waals surface area contributed by atoms with Crippen molar-refractivity contribution in [2.24, 2.45) is 0 Å². The van der Waals surface area contributed by atoms with Crippen molar-refractivity contribution < 1.29 is 9.53 Å². The fourth-order valence-electron chi connectivity index (χ4n) is 2.33. The summed E-state index contributed by atoms with van der Waals surface area (Å²) in [6.07, 6.45) is 0. The number of methoxy groups -OCH3 is 1. The van der Waals surface area contributed by atoms with E-state index < -0.39 is 0 Å². The monoisotopic (exact) mass is 312 g/mol. The van der Waals surface area contributed by atoms with Crippen LogP contribution in [-0.2, 0) is 13.1 Å². The lowest BCUT2D eigenvalue weighted by molar-refractivity contribution is 0.179. The number of nitrogens with zero attached hydrogens (tertiary/aromatic N) is 1. The quantitative estimate of drug-likeness (QED) is 0.881. The Kier molecular flexibility index (Phi) is 6.03. The predicted molar refractivity (Wildman–Crippen MR) is 92.4 cm³/mol.